The summed E-state index contributed by atoms with van der Waals surface area (Å²) in [4.78, 5) is 16.5. The minimum Gasteiger partial charge on any atom is -0.341 e. The number of hydrogen-bond donors (Lipinski definition) is 4. The smallest absolute Gasteiger partial charge is 0.124 e. The topological polar surface area (TPSA) is 81.4 Å². The Hall–Kier alpha value is -4.26. The van der Waals surface area contributed by atoms with Crippen LogP contribution < -0.4 is 10.6 Å². The van der Waals surface area contributed by atoms with Gasteiger partial charge in [-0.05, 0) is 102 Å². The summed E-state index contributed by atoms with van der Waals surface area (Å²) in [7, 11) is 0. The van der Waals surface area contributed by atoms with Gasteiger partial charge in [0.2, 0.25) is 0 Å². The van der Waals surface area contributed by atoms with Crippen molar-refractivity contribution < 1.29 is 0 Å². The van der Waals surface area contributed by atoms with Gasteiger partial charge in [-0.25, -0.2) is 9.97 Å². The zero-order valence-corrected chi connectivity index (χ0v) is 22.4. The van der Waals surface area contributed by atoms with Crippen molar-refractivity contribution in [3.8, 4) is 33.5 Å². The van der Waals surface area contributed by atoms with Gasteiger partial charge >= 0.3 is 0 Å². The van der Waals surface area contributed by atoms with Crippen LogP contribution in [0.4, 0.5) is 0 Å². The predicted molar refractivity (Wildman–Crippen MR) is 162 cm³/mol. The summed E-state index contributed by atoms with van der Waals surface area (Å²) < 4.78 is 0. The zero-order chi connectivity index (χ0) is 26.5. The first-order chi connectivity index (χ1) is 19.8. The summed E-state index contributed by atoms with van der Waals surface area (Å²) >= 11 is 0. The summed E-state index contributed by atoms with van der Waals surface area (Å²) in [6.45, 7) is 2.14. The first-order valence-corrected chi connectivity index (χ1v) is 14.4. The molecule has 6 aromatic rings. The zero-order valence-electron chi connectivity index (χ0n) is 22.4. The molecule has 0 saturated carbocycles. The summed E-state index contributed by atoms with van der Waals surface area (Å²) in [5.74, 6) is 2.10. The van der Waals surface area contributed by atoms with E-state index in [1.165, 1.54) is 45.9 Å². The Morgan fingerprint density at radius 3 is 1.88 bits per heavy atom. The van der Waals surface area contributed by atoms with Crippen LogP contribution in [0.25, 0.3) is 55.3 Å². The molecule has 4 N–H and O–H groups in total. The number of nitrogens with one attached hydrogen (secondary N) is 4. The number of hydrogen-bond acceptors (Lipinski definition) is 4. The van der Waals surface area contributed by atoms with Crippen LogP contribution in [-0.4, -0.2) is 33.0 Å². The molecule has 0 amide bonds. The first-order valence-electron chi connectivity index (χ1n) is 14.4. The van der Waals surface area contributed by atoms with Gasteiger partial charge < -0.3 is 20.6 Å². The molecule has 2 aliphatic heterocycles. The molecule has 6 nitrogen and oxygen atoms in total. The van der Waals surface area contributed by atoms with Crippen LogP contribution in [0.2, 0.25) is 0 Å². The van der Waals surface area contributed by atoms with Crippen molar-refractivity contribution in [3.05, 3.63) is 96.7 Å². The van der Waals surface area contributed by atoms with Gasteiger partial charge in [-0.3, -0.25) is 0 Å². The number of H-pyrrole nitrogens is 2. The van der Waals surface area contributed by atoms with Crippen molar-refractivity contribution in [3.63, 3.8) is 0 Å². The quantitative estimate of drug-likeness (QED) is 0.191. The second kappa shape index (κ2) is 9.73. The van der Waals surface area contributed by atoms with Crippen molar-refractivity contribution >= 4 is 21.8 Å². The molecular weight excluding hydrogens is 492 g/mol. The van der Waals surface area contributed by atoms with Crippen LogP contribution in [0.15, 0.2) is 85.1 Å². The molecule has 2 fully saturated rings. The number of rotatable bonds is 5. The molecule has 0 aliphatic carbocycles. The molecule has 40 heavy (non-hydrogen) atoms. The van der Waals surface area contributed by atoms with Crippen LogP contribution >= 0.6 is 0 Å². The highest BCUT2D eigenvalue weighted by Gasteiger charge is 2.20. The summed E-state index contributed by atoms with van der Waals surface area (Å²) in [6.07, 6.45) is 6.67. The van der Waals surface area contributed by atoms with Crippen molar-refractivity contribution in [1.82, 2.24) is 30.6 Å². The van der Waals surface area contributed by atoms with E-state index in [0.717, 1.165) is 59.9 Å². The molecule has 0 spiro atoms. The van der Waals surface area contributed by atoms with Crippen molar-refractivity contribution in [2.24, 2.45) is 0 Å². The molecule has 2 unspecified atom stereocenters. The van der Waals surface area contributed by atoms with Crippen LogP contribution in [0.5, 0.6) is 0 Å². The molecular formula is C34H32N6. The lowest BCUT2D eigenvalue weighted by molar-refractivity contribution is 0.613. The maximum Gasteiger partial charge on any atom is 0.124 e. The Labute approximate surface area is 233 Å². The second-order valence-electron chi connectivity index (χ2n) is 11.2. The second-order valence-corrected chi connectivity index (χ2v) is 11.2. The van der Waals surface area contributed by atoms with E-state index >= 15 is 0 Å². The van der Waals surface area contributed by atoms with Gasteiger partial charge in [-0.15, -0.1) is 0 Å². The number of nitrogens with zero attached hydrogens (tertiary/aromatic N) is 2. The van der Waals surface area contributed by atoms with Gasteiger partial charge in [0.25, 0.3) is 0 Å². The molecule has 2 aromatic heterocycles. The van der Waals surface area contributed by atoms with Gasteiger partial charge in [0.1, 0.15) is 11.6 Å². The maximum absolute atomic E-state index is 4.83. The van der Waals surface area contributed by atoms with Gasteiger partial charge in [-0.1, -0.05) is 54.6 Å². The van der Waals surface area contributed by atoms with Gasteiger partial charge in [-0.2, -0.15) is 0 Å². The lowest BCUT2D eigenvalue weighted by Gasteiger charge is -2.08. The fourth-order valence-electron chi connectivity index (χ4n) is 6.32. The Bertz CT molecular complexity index is 1820. The third-order valence-electron chi connectivity index (χ3n) is 8.58. The third-order valence-corrected chi connectivity index (χ3v) is 8.58. The normalized spacial score (nSPS) is 19.2. The fraction of sp³-hybridized carbons (Fsp3) is 0.235. The number of imidazole rings is 2. The molecule has 0 bridgehead atoms. The predicted octanol–water partition coefficient (Wildman–Crippen LogP) is 7.29. The lowest BCUT2D eigenvalue weighted by atomic mass is 9.97. The van der Waals surface area contributed by atoms with E-state index in [9.17, 15) is 0 Å². The van der Waals surface area contributed by atoms with E-state index < -0.39 is 0 Å². The molecule has 0 radical (unpaired) electrons. The van der Waals surface area contributed by atoms with E-state index in [-0.39, 0.29) is 0 Å². The standard InChI is InChI=1S/C34H32N6/c1-3-29(35-15-1)33-37-20-32(40-33)22-7-5-21(6-8-22)23-9-10-25-18-26(12-11-24(25)17-23)27-13-14-28-31(19-27)39-34(38-28)30-4-2-16-36-30/h5-14,17-20,29-30,35-36H,1-4,15-16H2,(H,37,40)(H,38,39). The van der Waals surface area contributed by atoms with Crippen molar-refractivity contribution in [2.45, 2.75) is 37.8 Å². The largest absolute Gasteiger partial charge is 0.341 e. The van der Waals surface area contributed by atoms with E-state index in [0.29, 0.717) is 12.1 Å². The minimum absolute atomic E-state index is 0.347. The number of fused-ring (bicyclic) bond motifs is 2. The van der Waals surface area contributed by atoms with E-state index in [1.807, 2.05) is 6.20 Å². The van der Waals surface area contributed by atoms with Crippen LogP contribution in [0.1, 0.15) is 49.4 Å². The molecule has 198 valence electrons. The summed E-state index contributed by atoms with van der Waals surface area (Å²) in [5, 5.41) is 9.53. The number of aromatic nitrogens is 4. The van der Waals surface area contributed by atoms with Gasteiger partial charge in [0.15, 0.2) is 0 Å². The lowest BCUT2D eigenvalue weighted by Crippen LogP contribution is -2.14. The Morgan fingerprint density at radius 2 is 1.18 bits per heavy atom. The fourth-order valence-corrected chi connectivity index (χ4v) is 6.32. The van der Waals surface area contributed by atoms with Gasteiger partial charge in [0.05, 0.1) is 35.0 Å². The molecule has 4 aromatic carbocycles. The van der Waals surface area contributed by atoms with E-state index in [2.05, 4.69) is 104 Å². The average molecular weight is 525 g/mol. The van der Waals surface area contributed by atoms with Crippen molar-refractivity contribution in [1.29, 1.82) is 0 Å². The first kappa shape index (κ1) is 23.6. The molecule has 2 saturated heterocycles. The van der Waals surface area contributed by atoms with Crippen LogP contribution in [-0.2, 0) is 0 Å². The monoisotopic (exact) mass is 524 g/mol. The summed E-state index contributed by atoms with van der Waals surface area (Å²) in [6, 6.07) is 29.5. The molecule has 2 atom stereocenters. The molecule has 4 heterocycles. The minimum atomic E-state index is 0.347. The van der Waals surface area contributed by atoms with E-state index in [4.69, 9.17) is 4.98 Å². The Kier molecular flexibility index (Phi) is 5.75. The van der Waals surface area contributed by atoms with Crippen molar-refractivity contribution in [2.75, 3.05) is 13.1 Å². The Balaban J connectivity index is 1.04. The van der Waals surface area contributed by atoms with E-state index in [1.54, 1.807) is 0 Å². The number of aromatic amines is 2. The highest BCUT2D eigenvalue weighted by Crippen LogP contribution is 2.32. The highest BCUT2D eigenvalue weighted by atomic mass is 15.0. The molecule has 8 rings (SSSR count). The molecule has 2 aliphatic rings. The summed E-state index contributed by atoms with van der Waals surface area (Å²) in [5.41, 5.74) is 9.21. The Morgan fingerprint density at radius 1 is 0.575 bits per heavy atom. The average Bonchev–Trinajstić information content (AvgIpc) is 3.82. The maximum atomic E-state index is 4.83. The van der Waals surface area contributed by atoms with Crippen LogP contribution in [0, 0.1) is 0 Å². The third kappa shape index (κ3) is 4.30. The van der Waals surface area contributed by atoms with Crippen LogP contribution in [0.3, 0.4) is 0 Å². The SMILES string of the molecule is c1cc(-c2cnc(C3CCCN3)[nH]2)ccc1-c1ccc2cc(-c3ccc4nc(C5CCCN5)[nH]c4c3)ccc2c1. The van der Waals surface area contributed by atoms with Gasteiger partial charge in [0, 0.05) is 0 Å². The highest BCUT2D eigenvalue weighted by molar-refractivity contribution is 5.92. The number of benzene rings is 4. The molecule has 6 heteroatoms.